The number of carbonyl (C=O) groups is 2. The lowest BCUT2D eigenvalue weighted by Gasteiger charge is -2.16. The van der Waals surface area contributed by atoms with E-state index in [4.69, 9.17) is 5.73 Å². The number of nitrogens with two attached hydrogens (primary N) is 1. The van der Waals surface area contributed by atoms with Gasteiger partial charge >= 0.3 is 0 Å². The quantitative estimate of drug-likeness (QED) is 0.566. The number of primary amides is 1. The highest BCUT2D eigenvalue weighted by Crippen LogP contribution is 2.19. The number of carbonyl (C=O) groups excluding carboxylic acids is 2. The summed E-state index contributed by atoms with van der Waals surface area (Å²) in [5, 5.41) is 5.57. The zero-order valence-corrected chi connectivity index (χ0v) is 15.1. The summed E-state index contributed by atoms with van der Waals surface area (Å²) in [7, 11) is 0. The molecule has 138 valence electrons. The maximum absolute atomic E-state index is 12.8. The lowest BCUT2D eigenvalue weighted by molar-refractivity contribution is -0.119. The number of para-hydroxylation sites is 1. The molecule has 5 nitrogen and oxygen atoms in total. The summed E-state index contributed by atoms with van der Waals surface area (Å²) in [5.41, 5.74) is 7.60. The summed E-state index contributed by atoms with van der Waals surface area (Å²) >= 11 is 0. The first kappa shape index (κ1) is 17.7. The molecule has 1 atom stereocenters. The van der Waals surface area contributed by atoms with E-state index in [-0.39, 0.29) is 12.3 Å². The van der Waals surface area contributed by atoms with Gasteiger partial charge in [-0.15, -0.1) is 0 Å². The number of rotatable bonds is 5. The topological polar surface area (TPSA) is 85.1 Å². The molecule has 1 aromatic heterocycles. The van der Waals surface area contributed by atoms with Crippen LogP contribution < -0.4 is 11.1 Å². The molecular formula is C23H19N3O2. The number of benzene rings is 3. The largest absolute Gasteiger partial charge is 0.368 e. The van der Waals surface area contributed by atoms with Crippen LogP contribution in [-0.2, 0) is 11.2 Å². The average molecular weight is 369 g/mol. The highest BCUT2D eigenvalue weighted by molar-refractivity contribution is 6.08. The Kier molecular flexibility index (Phi) is 4.72. The van der Waals surface area contributed by atoms with Gasteiger partial charge in [0.2, 0.25) is 5.91 Å². The zero-order chi connectivity index (χ0) is 19.5. The average Bonchev–Trinajstić information content (AvgIpc) is 2.72. The molecule has 0 unspecified atom stereocenters. The van der Waals surface area contributed by atoms with Crippen LogP contribution in [-0.4, -0.2) is 22.8 Å². The van der Waals surface area contributed by atoms with E-state index in [1.807, 2.05) is 72.8 Å². The molecule has 28 heavy (non-hydrogen) atoms. The minimum Gasteiger partial charge on any atom is -0.368 e. The SMILES string of the molecule is NC(=O)[C@@H](Cc1ccc2ccccc2n1)NC(=O)c1cccc2ccccc12. The van der Waals surface area contributed by atoms with Gasteiger partial charge in [0.05, 0.1) is 5.52 Å². The molecular weight excluding hydrogens is 350 g/mol. The van der Waals surface area contributed by atoms with E-state index in [9.17, 15) is 9.59 Å². The molecule has 0 aliphatic carbocycles. The van der Waals surface area contributed by atoms with E-state index in [1.165, 1.54) is 0 Å². The second-order valence-electron chi connectivity index (χ2n) is 6.65. The van der Waals surface area contributed by atoms with E-state index >= 15 is 0 Å². The molecule has 4 rings (SSSR count). The van der Waals surface area contributed by atoms with Crippen LogP contribution in [0.4, 0.5) is 0 Å². The van der Waals surface area contributed by atoms with Gasteiger partial charge in [0.1, 0.15) is 6.04 Å². The third-order valence-corrected chi connectivity index (χ3v) is 4.75. The molecule has 0 saturated carbocycles. The Labute approximate surface area is 162 Å². The number of pyridine rings is 1. The Hall–Kier alpha value is -3.73. The van der Waals surface area contributed by atoms with Crippen molar-refractivity contribution in [1.29, 1.82) is 0 Å². The number of nitrogens with zero attached hydrogens (tertiary/aromatic N) is 1. The van der Waals surface area contributed by atoms with Crippen LogP contribution >= 0.6 is 0 Å². The third-order valence-electron chi connectivity index (χ3n) is 4.75. The van der Waals surface area contributed by atoms with E-state index in [0.717, 1.165) is 21.7 Å². The predicted octanol–water partition coefficient (Wildman–Crippen LogP) is 3.21. The molecule has 0 bridgehead atoms. The van der Waals surface area contributed by atoms with Crippen molar-refractivity contribution in [1.82, 2.24) is 10.3 Å². The van der Waals surface area contributed by atoms with Gasteiger partial charge in [0.25, 0.3) is 5.91 Å². The van der Waals surface area contributed by atoms with E-state index in [0.29, 0.717) is 11.3 Å². The lowest BCUT2D eigenvalue weighted by atomic mass is 10.0. The second kappa shape index (κ2) is 7.48. The molecule has 5 heteroatoms. The number of fused-ring (bicyclic) bond motifs is 2. The van der Waals surface area contributed by atoms with Gasteiger partial charge in [-0.1, -0.05) is 60.7 Å². The minimum atomic E-state index is -0.847. The second-order valence-corrected chi connectivity index (χ2v) is 6.65. The lowest BCUT2D eigenvalue weighted by Crippen LogP contribution is -2.46. The van der Waals surface area contributed by atoms with Gasteiger partial charge in [-0.2, -0.15) is 0 Å². The minimum absolute atomic E-state index is 0.233. The van der Waals surface area contributed by atoms with Crippen LogP contribution in [0.3, 0.4) is 0 Å². The molecule has 0 aliphatic rings. The van der Waals surface area contributed by atoms with Gasteiger partial charge < -0.3 is 11.1 Å². The van der Waals surface area contributed by atoms with Crippen LogP contribution in [0.1, 0.15) is 16.1 Å². The molecule has 0 radical (unpaired) electrons. The smallest absolute Gasteiger partial charge is 0.252 e. The predicted molar refractivity (Wildman–Crippen MR) is 110 cm³/mol. The summed E-state index contributed by atoms with van der Waals surface area (Å²) < 4.78 is 0. The summed E-state index contributed by atoms with van der Waals surface area (Å²) in [6.45, 7) is 0. The monoisotopic (exact) mass is 369 g/mol. The fourth-order valence-corrected chi connectivity index (χ4v) is 3.31. The molecule has 0 saturated heterocycles. The molecule has 0 spiro atoms. The maximum atomic E-state index is 12.8. The van der Waals surface area contributed by atoms with Crippen molar-refractivity contribution in [2.75, 3.05) is 0 Å². The Morgan fingerprint density at radius 3 is 2.39 bits per heavy atom. The van der Waals surface area contributed by atoms with Crippen LogP contribution in [0.15, 0.2) is 78.9 Å². The van der Waals surface area contributed by atoms with Crippen molar-refractivity contribution < 1.29 is 9.59 Å². The van der Waals surface area contributed by atoms with Gasteiger partial charge in [0.15, 0.2) is 0 Å². The van der Waals surface area contributed by atoms with Crippen molar-refractivity contribution >= 4 is 33.5 Å². The highest BCUT2D eigenvalue weighted by Gasteiger charge is 2.21. The van der Waals surface area contributed by atoms with Gasteiger partial charge in [0, 0.05) is 23.1 Å². The van der Waals surface area contributed by atoms with E-state index < -0.39 is 11.9 Å². The van der Waals surface area contributed by atoms with Crippen LogP contribution in [0, 0.1) is 0 Å². The number of nitrogens with one attached hydrogen (secondary N) is 1. The molecule has 3 aromatic carbocycles. The molecule has 3 N–H and O–H groups in total. The van der Waals surface area contributed by atoms with Crippen molar-refractivity contribution in [3.05, 3.63) is 90.1 Å². The fourth-order valence-electron chi connectivity index (χ4n) is 3.31. The summed E-state index contributed by atoms with van der Waals surface area (Å²) in [6, 6.07) is 23.8. The standard InChI is InChI=1S/C23H19N3O2/c24-22(27)21(14-17-13-12-16-7-2-4-11-20(16)25-17)26-23(28)19-10-5-8-15-6-1-3-9-18(15)19/h1-13,21H,14H2,(H2,24,27)(H,26,28)/t21-/m1/s1. The Balaban J connectivity index is 1.59. The normalized spacial score (nSPS) is 12.0. The highest BCUT2D eigenvalue weighted by atomic mass is 16.2. The fraction of sp³-hybridized carbons (Fsp3) is 0.0870. The molecule has 0 aliphatic heterocycles. The van der Waals surface area contributed by atoms with Gasteiger partial charge in [-0.25, -0.2) is 0 Å². The van der Waals surface area contributed by atoms with Gasteiger partial charge in [-0.05, 0) is 29.0 Å². The zero-order valence-electron chi connectivity index (χ0n) is 15.1. The number of hydrogen-bond acceptors (Lipinski definition) is 3. The third kappa shape index (κ3) is 3.55. The van der Waals surface area contributed by atoms with E-state index in [1.54, 1.807) is 6.07 Å². The molecule has 4 aromatic rings. The van der Waals surface area contributed by atoms with Crippen molar-refractivity contribution in [2.45, 2.75) is 12.5 Å². The summed E-state index contributed by atoms with van der Waals surface area (Å²) in [6.07, 6.45) is 0.233. The van der Waals surface area contributed by atoms with Gasteiger partial charge in [-0.3, -0.25) is 14.6 Å². The summed E-state index contributed by atoms with van der Waals surface area (Å²) in [4.78, 5) is 29.4. The molecule has 0 fully saturated rings. The Morgan fingerprint density at radius 2 is 1.57 bits per heavy atom. The molecule has 1 heterocycles. The van der Waals surface area contributed by atoms with E-state index in [2.05, 4.69) is 10.3 Å². The number of amides is 2. The van der Waals surface area contributed by atoms with Crippen LogP contribution in [0.25, 0.3) is 21.7 Å². The van der Waals surface area contributed by atoms with Crippen LogP contribution in [0.2, 0.25) is 0 Å². The Bertz CT molecular complexity index is 1180. The van der Waals surface area contributed by atoms with Crippen molar-refractivity contribution in [3.63, 3.8) is 0 Å². The first-order chi connectivity index (χ1) is 13.6. The maximum Gasteiger partial charge on any atom is 0.252 e. The van der Waals surface area contributed by atoms with Crippen LogP contribution in [0.5, 0.6) is 0 Å². The number of hydrogen-bond donors (Lipinski definition) is 2. The first-order valence-corrected chi connectivity index (χ1v) is 9.04. The van der Waals surface area contributed by atoms with Crippen molar-refractivity contribution in [3.8, 4) is 0 Å². The molecule has 2 amide bonds. The number of aromatic nitrogens is 1. The Morgan fingerprint density at radius 1 is 0.857 bits per heavy atom. The first-order valence-electron chi connectivity index (χ1n) is 9.04. The summed E-state index contributed by atoms with van der Waals surface area (Å²) in [5.74, 6) is -0.926. The van der Waals surface area contributed by atoms with Crippen molar-refractivity contribution in [2.24, 2.45) is 5.73 Å².